The van der Waals surface area contributed by atoms with Gasteiger partial charge in [-0.3, -0.25) is 9.59 Å². The molecule has 402 valence electrons. The molecule has 2 unspecified atom stereocenters. The van der Waals surface area contributed by atoms with Gasteiger partial charge in [-0.15, -0.1) is 0 Å². The molecule has 0 rings (SSSR count). The molecular formula is C62H101NO8. The number of nitrogens with zero attached hydrogens (tertiary/aromatic N) is 1. The van der Waals surface area contributed by atoms with E-state index in [1.165, 1.54) is 64.2 Å². The van der Waals surface area contributed by atoms with Gasteiger partial charge >= 0.3 is 11.9 Å². The van der Waals surface area contributed by atoms with Gasteiger partial charge in [-0.05, 0) is 96.3 Å². The van der Waals surface area contributed by atoms with E-state index in [0.29, 0.717) is 23.9 Å². The average molecular weight is 988 g/mol. The fourth-order valence-corrected chi connectivity index (χ4v) is 7.01. The third kappa shape index (κ3) is 53.3. The standard InChI is InChI=1S/C62H101NO8/c1-6-8-10-12-14-16-18-20-22-24-25-26-27-28-29-30-31-32-33-34-35-37-39-41-43-45-47-49-51-53-60(65)71-58(57-70-62(61(66)67)68-55-54-63(3,4)5)56-69-59(64)52-50-48-46-44-42-40-38-36-23-21-19-17-15-13-11-9-7-2/h8-11,14-17,20-23,25-26,28-29,38,40,44,46,58,62H,6-7,12-13,18-19,24,27,30-37,39,41-43,45,47-57H2,1-5H3/b10-8-,11-9-,16-14-,17-15-,22-20-,23-21-,26-25-,29-28-,40-38-,46-44-. The van der Waals surface area contributed by atoms with E-state index in [4.69, 9.17) is 18.9 Å². The van der Waals surface area contributed by atoms with E-state index in [9.17, 15) is 19.5 Å². The van der Waals surface area contributed by atoms with Crippen LogP contribution in [0.15, 0.2) is 122 Å². The Morgan fingerprint density at radius 3 is 1.17 bits per heavy atom. The van der Waals surface area contributed by atoms with E-state index in [1.807, 2.05) is 21.1 Å². The second-order valence-electron chi connectivity index (χ2n) is 19.1. The molecule has 0 saturated carbocycles. The van der Waals surface area contributed by atoms with Gasteiger partial charge in [-0.2, -0.15) is 0 Å². The molecule has 9 heteroatoms. The Kier molecular flexibility index (Phi) is 48.9. The number of carbonyl (C=O) groups is 3. The summed E-state index contributed by atoms with van der Waals surface area (Å²) in [6.45, 7) is 4.43. The highest BCUT2D eigenvalue weighted by Crippen LogP contribution is 2.15. The summed E-state index contributed by atoms with van der Waals surface area (Å²) in [5.74, 6) is -2.38. The van der Waals surface area contributed by atoms with Crippen molar-refractivity contribution >= 4 is 17.9 Å². The van der Waals surface area contributed by atoms with Gasteiger partial charge in [0.2, 0.25) is 0 Å². The minimum Gasteiger partial charge on any atom is -0.545 e. The first kappa shape index (κ1) is 66.7. The molecule has 0 aliphatic heterocycles. The molecule has 0 spiro atoms. The van der Waals surface area contributed by atoms with Crippen LogP contribution in [-0.2, 0) is 33.3 Å². The number of unbranched alkanes of at least 4 members (excludes halogenated alkanes) is 14. The SMILES string of the molecule is CC/C=C\C/C=C\C/C=C\C/C=C\C/C=C\CCCCCCCCCCCCCCCC(=O)OC(COC(=O)CCC/C=C\C/C=C\C/C=C\C/C=C\C/C=C\CC)COC(OCC[N+](C)(C)C)C(=O)[O-]. The Labute approximate surface area is 434 Å². The van der Waals surface area contributed by atoms with Crippen molar-refractivity contribution in [2.45, 2.75) is 206 Å². The first-order valence-electron chi connectivity index (χ1n) is 27.7. The Morgan fingerprint density at radius 1 is 0.423 bits per heavy atom. The van der Waals surface area contributed by atoms with Gasteiger partial charge < -0.3 is 33.3 Å². The van der Waals surface area contributed by atoms with Crippen LogP contribution in [0.5, 0.6) is 0 Å². The zero-order chi connectivity index (χ0) is 52.0. The lowest BCUT2D eigenvalue weighted by Gasteiger charge is -2.26. The Balaban J connectivity index is 4.31. The summed E-state index contributed by atoms with van der Waals surface area (Å²) in [5, 5.41) is 11.8. The van der Waals surface area contributed by atoms with Crippen LogP contribution in [0.25, 0.3) is 0 Å². The highest BCUT2D eigenvalue weighted by Gasteiger charge is 2.21. The Morgan fingerprint density at radius 2 is 0.775 bits per heavy atom. The molecule has 0 radical (unpaired) electrons. The summed E-state index contributed by atoms with van der Waals surface area (Å²) in [7, 11) is 5.89. The summed E-state index contributed by atoms with van der Waals surface area (Å²) in [5.41, 5.74) is 0. The van der Waals surface area contributed by atoms with E-state index < -0.39 is 30.3 Å². The van der Waals surface area contributed by atoms with Crippen molar-refractivity contribution in [3.05, 3.63) is 122 Å². The van der Waals surface area contributed by atoms with Crippen LogP contribution in [0.1, 0.15) is 194 Å². The van der Waals surface area contributed by atoms with Gasteiger partial charge in [0.1, 0.15) is 13.2 Å². The Bertz CT molecular complexity index is 1570. The summed E-state index contributed by atoms with van der Waals surface area (Å²) < 4.78 is 22.6. The predicted molar refractivity (Wildman–Crippen MR) is 296 cm³/mol. The molecule has 0 aliphatic carbocycles. The monoisotopic (exact) mass is 988 g/mol. The van der Waals surface area contributed by atoms with Crippen LogP contribution in [0, 0.1) is 0 Å². The highest BCUT2D eigenvalue weighted by atomic mass is 16.7. The minimum absolute atomic E-state index is 0.132. The third-order valence-electron chi connectivity index (χ3n) is 11.2. The number of quaternary nitrogens is 1. The van der Waals surface area contributed by atoms with Gasteiger partial charge in [-0.1, -0.05) is 206 Å². The number of esters is 2. The molecule has 71 heavy (non-hydrogen) atoms. The largest absolute Gasteiger partial charge is 0.545 e. The minimum atomic E-state index is -1.64. The topological polar surface area (TPSA) is 111 Å². The maximum Gasteiger partial charge on any atom is 0.306 e. The van der Waals surface area contributed by atoms with E-state index in [-0.39, 0.29) is 32.7 Å². The van der Waals surface area contributed by atoms with Crippen LogP contribution < -0.4 is 5.11 Å². The molecular weight excluding hydrogens is 887 g/mol. The summed E-state index contributed by atoms with van der Waals surface area (Å²) in [4.78, 5) is 37.2. The van der Waals surface area contributed by atoms with Crippen LogP contribution in [0.4, 0.5) is 0 Å². The molecule has 9 nitrogen and oxygen atoms in total. The smallest absolute Gasteiger partial charge is 0.306 e. The lowest BCUT2D eigenvalue weighted by molar-refractivity contribution is -0.870. The summed E-state index contributed by atoms with van der Waals surface area (Å²) >= 11 is 0. The number of likely N-dealkylation sites (N-methyl/N-ethyl adjacent to an activating group) is 1. The van der Waals surface area contributed by atoms with Crippen molar-refractivity contribution in [1.82, 2.24) is 0 Å². The van der Waals surface area contributed by atoms with Crippen LogP contribution >= 0.6 is 0 Å². The quantitative estimate of drug-likeness (QED) is 0.0195. The number of rotatable bonds is 49. The highest BCUT2D eigenvalue weighted by molar-refractivity contribution is 5.70. The summed E-state index contributed by atoms with van der Waals surface area (Å²) in [6, 6.07) is 0. The molecule has 0 amide bonds. The molecule has 0 saturated heterocycles. The average Bonchev–Trinajstić information content (AvgIpc) is 3.34. The molecule has 0 aromatic rings. The second-order valence-corrected chi connectivity index (χ2v) is 19.1. The van der Waals surface area contributed by atoms with E-state index in [2.05, 4.69) is 135 Å². The third-order valence-corrected chi connectivity index (χ3v) is 11.2. The maximum atomic E-state index is 12.8. The molecule has 0 heterocycles. The van der Waals surface area contributed by atoms with Crippen molar-refractivity contribution in [3.63, 3.8) is 0 Å². The number of allylic oxidation sites excluding steroid dienone is 20. The molecule has 0 aromatic heterocycles. The van der Waals surface area contributed by atoms with Crippen molar-refractivity contribution in [2.24, 2.45) is 0 Å². The maximum absolute atomic E-state index is 12.8. The Hall–Kier alpha value is -4.31. The first-order valence-corrected chi connectivity index (χ1v) is 27.7. The van der Waals surface area contributed by atoms with Gasteiger partial charge in [-0.25, -0.2) is 0 Å². The summed E-state index contributed by atoms with van der Waals surface area (Å²) in [6.07, 6.45) is 69.7. The molecule has 0 aliphatic rings. The first-order chi connectivity index (χ1) is 34.6. The van der Waals surface area contributed by atoms with Crippen molar-refractivity contribution in [2.75, 3.05) is 47.5 Å². The van der Waals surface area contributed by atoms with E-state index in [0.717, 1.165) is 89.9 Å². The fraction of sp³-hybridized carbons (Fsp3) is 0.629. The van der Waals surface area contributed by atoms with Gasteiger partial charge in [0, 0.05) is 12.8 Å². The number of hydrogen-bond donors (Lipinski definition) is 0. The molecule has 0 aromatic carbocycles. The van der Waals surface area contributed by atoms with Crippen molar-refractivity contribution in [3.8, 4) is 0 Å². The molecule has 2 atom stereocenters. The predicted octanol–water partition coefficient (Wildman–Crippen LogP) is 14.8. The van der Waals surface area contributed by atoms with Crippen molar-refractivity contribution < 1.29 is 42.9 Å². The van der Waals surface area contributed by atoms with Gasteiger partial charge in [0.05, 0.1) is 40.3 Å². The van der Waals surface area contributed by atoms with Crippen LogP contribution in [-0.4, -0.2) is 82.3 Å². The van der Waals surface area contributed by atoms with Crippen molar-refractivity contribution in [1.29, 1.82) is 0 Å². The second kappa shape index (κ2) is 52.0. The zero-order valence-corrected chi connectivity index (χ0v) is 45.5. The number of aliphatic carboxylic acids is 1. The molecule has 0 fully saturated rings. The van der Waals surface area contributed by atoms with Gasteiger partial charge in [0.25, 0.3) is 0 Å². The van der Waals surface area contributed by atoms with E-state index >= 15 is 0 Å². The molecule has 0 bridgehead atoms. The number of carboxylic acids is 1. The number of carbonyl (C=O) groups excluding carboxylic acids is 3. The van der Waals surface area contributed by atoms with Crippen LogP contribution in [0.2, 0.25) is 0 Å². The fourth-order valence-electron chi connectivity index (χ4n) is 7.01. The number of carboxylic acid groups (broad SMARTS) is 1. The zero-order valence-electron chi connectivity index (χ0n) is 45.5. The normalized spacial score (nSPS) is 13.8. The lowest BCUT2D eigenvalue weighted by atomic mass is 10.0. The molecule has 0 N–H and O–H groups in total. The van der Waals surface area contributed by atoms with Crippen LogP contribution in [0.3, 0.4) is 0 Å². The van der Waals surface area contributed by atoms with E-state index in [1.54, 1.807) is 0 Å². The number of ether oxygens (including phenoxy) is 4. The lowest BCUT2D eigenvalue weighted by Crippen LogP contribution is -2.44. The number of hydrogen-bond acceptors (Lipinski definition) is 8. The van der Waals surface area contributed by atoms with Gasteiger partial charge in [0.15, 0.2) is 12.4 Å².